The molecule has 2 aliphatic rings. The van der Waals surface area contributed by atoms with Crippen LogP contribution in [-0.2, 0) is 61.5 Å². The molecule has 1 unspecified atom stereocenters. The lowest BCUT2D eigenvalue weighted by Crippen LogP contribution is -2.67. The number of fused-ring (bicyclic) bond motifs is 1. The molecule has 0 aromatic heterocycles. The minimum absolute atomic E-state index is 0.111. The van der Waals surface area contributed by atoms with Gasteiger partial charge in [-0.2, -0.15) is 0 Å². The van der Waals surface area contributed by atoms with Crippen molar-refractivity contribution in [2.75, 3.05) is 26.0 Å². The summed E-state index contributed by atoms with van der Waals surface area (Å²) in [6.07, 6.45) is -5.22. The Morgan fingerprint density at radius 1 is 0.977 bits per heavy atom. The molecule has 0 aliphatic carbocycles. The van der Waals surface area contributed by atoms with Gasteiger partial charge in [0.05, 0.1) is 13.5 Å². The van der Waals surface area contributed by atoms with Gasteiger partial charge in [0.1, 0.15) is 24.9 Å². The highest BCUT2D eigenvalue weighted by Gasteiger charge is 2.65. The van der Waals surface area contributed by atoms with Crippen molar-refractivity contribution >= 4 is 43.2 Å². The van der Waals surface area contributed by atoms with Crippen molar-refractivity contribution in [2.24, 2.45) is 0 Å². The predicted molar refractivity (Wildman–Crippen MR) is 147 cm³/mol. The lowest BCUT2D eigenvalue weighted by molar-refractivity contribution is -0.286. The van der Waals surface area contributed by atoms with Crippen LogP contribution in [0, 0.1) is 0 Å². The number of imide groups is 1. The third kappa shape index (κ3) is 9.23. The summed E-state index contributed by atoms with van der Waals surface area (Å²) in [4.78, 5) is 75.8. The van der Waals surface area contributed by atoms with Crippen LogP contribution >= 0.6 is 7.37 Å². The molecule has 2 aliphatic heterocycles. The summed E-state index contributed by atoms with van der Waals surface area (Å²) in [6, 6.07) is -1.34. The Morgan fingerprint density at radius 3 is 2.02 bits per heavy atom. The molecule has 0 N–H and O–H groups in total. The van der Waals surface area contributed by atoms with Gasteiger partial charge in [-0.05, 0) is 12.8 Å². The maximum Gasteiger partial charge on any atom is 0.417 e. The molecule has 0 aromatic rings. The lowest BCUT2D eigenvalue weighted by atomic mass is 9.88. The van der Waals surface area contributed by atoms with E-state index in [2.05, 4.69) is 0 Å². The Kier molecular flexibility index (Phi) is 13.1. The lowest BCUT2D eigenvalue weighted by Gasteiger charge is -2.47. The average molecular weight is 636 g/mol. The van der Waals surface area contributed by atoms with Gasteiger partial charge in [-0.15, -0.1) is 0 Å². The molecule has 2 heterocycles. The van der Waals surface area contributed by atoms with Crippen molar-refractivity contribution in [3.05, 3.63) is 0 Å². The highest BCUT2D eigenvalue weighted by Crippen LogP contribution is 2.55. The van der Waals surface area contributed by atoms with E-state index in [9.17, 15) is 33.3 Å². The summed E-state index contributed by atoms with van der Waals surface area (Å²) in [5, 5.41) is 0. The van der Waals surface area contributed by atoms with Gasteiger partial charge in [0.2, 0.25) is 13.3 Å². The Hall–Kier alpha value is -3.03. The maximum absolute atomic E-state index is 14.2. The van der Waals surface area contributed by atoms with Gasteiger partial charge >= 0.3 is 30.0 Å². The zero-order valence-corrected chi connectivity index (χ0v) is 26.5. The molecule has 2 saturated heterocycles. The summed E-state index contributed by atoms with van der Waals surface area (Å²) in [5.41, 5.74) is 0. The smallest absolute Gasteiger partial charge is 0.417 e. The summed E-state index contributed by atoms with van der Waals surface area (Å²) >= 11 is 0. The van der Waals surface area contributed by atoms with Gasteiger partial charge in [0.25, 0.3) is 5.79 Å². The van der Waals surface area contributed by atoms with Crippen molar-refractivity contribution in [1.82, 2.24) is 4.90 Å². The largest absolute Gasteiger partial charge is 0.465 e. The predicted octanol–water partition coefficient (Wildman–Crippen LogP) is 2.70. The van der Waals surface area contributed by atoms with E-state index in [0.29, 0.717) is 25.7 Å². The van der Waals surface area contributed by atoms with E-state index in [1.165, 1.54) is 0 Å². The Morgan fingerprint density at radius 2 is 1.56 bits per heavy atom. The number of carbonyl (C=O) groups is 6. The Bertz CT molecular complexity index is 1100. The van der Waals surface area contributed by atoms with Gasteiger partial charge < -0.3 is 28.4 Å². The second-order valence-electron chi connectivity index (χ2n) is 10.4. The van der Waals surface area contributed by atoms with Crippen LogP contribution < -0.4 is 0 Å². The Labute approximate surface area is 250 Å². The number of hydrogen-bond donors (Lipinski definition) is 0. The number of unbranched alkanes of at least 4 members (excludes halogenated alkanes) is 2. The molecular formula is C27H42NO14P. The number of esters is 4. The summed E-state index contributed by atoms with van der Waals surface area (Å²) in [5.74, 6) is -6.86. The number of nitrogens with zero attached hydrogens (tertiary/aromatic N) is 1. The van der Waals surface area contributed by atoms with Crippen molar-refractivity contribution < 1.29 is 66.3 Å². The first kappa shape index (κ1) is 36.2. The first-order valence-corrected chi connectivity index (χ1v) is 16.2. The third-order valence-corrected chi connectivity index (χ3v) is 9.50. The van der Waals surface area contributed by atoms with Gasteiger partial charge in [-0.3, -0.25) is 28.3 Å². The normalized spacial score (nSPS) is 24.7. The van der Waals surface area contributed by atoms with Crippen LogP contribution in [0.5, 0.6) is 0 Å². The molecule has 2 amide bonds. The fraction of sp³-hybridized carbons (Fsp3) is 0.778. The number of amides is 2. The van der Waals surface area contributed by atoms with Crippen LogP contribution in [0.4, 0.5) is 4.79 Å². The number of methoxy groups -OCH3 is 1. The number of hydrogen-bond acceptors (Lipinski definition) is 14. The summed E-state index contributed by atoms with van der Waals surface area (Å²) in [7, 11) is -2.55. The molecule has 0 bridgehead atoms. The molecule has 43 heavy (non-hydrogen) atoms. The molecule has 0 radical (unpaired) electrons. The van der Waals surface area contributed by atoms with E-state index in [1.54, 1.807) is 0 Å². The van der Waals surface area contributed by atoms with E-state index in [0.717, 1.165) is 39.7 Å². The van der Waals surface area contributed by atoms with Gasteiger partial charge in [0, 0.05) is 40.0 Å². The van der Waals surface area contributed by atoms with E-state index in [1.807, 2.05) is 13.8 Å². The van der Waals surface area contributed by atoms with Crippen LogP contribution in [0.1, 0.15) is 73.6 Å². The molecule has 15 nitrogen and oxygen atoms in total. The summed E-state index contributed by atoms with van der Waals surface area (Å²) < 4.78 is 53.0. The first-order valence-electron chi connectivity index (χ1n) is 14.2. The highest BCUT2D eigenvalue weighted by molar-refractivity contribution is 7.59. The molecule has 0 spiro atoms. The Balaban J connectivity index is 2.78. The SMILES string of the molecule is CCCCP(=O)(CCCC)O[C@]1(C(=O)OC)C[C@H]2OC(=O)N(C(C)=O)[C@H]2C([C@H](OC(C)=O)[C@@H](COC(C)=O)OC(C)=O)O1. The molecule has 0 aromatic carbocycles. The van der Waals surface area contributed by atoms with Crippen molar-refractivity contribution in [1.29, 1.82) is 0 Å². The van der Waals surface area contributed by atoms with E-state index < -0.39 is 92.5 Å². The molecule has 244 valence electrons. The third-order valence-electron chi connectivity index (χ3n) is 6.88. The van der Waals surface area contributed by atoms with Crippen LogP contribution in [0.15, 0.2) is 0 Å². The zero-order chi connectivity index (χ0) is 32.5. The number of carbonyl (C=O) groups excluding carboxylic acids is 6. The topological polar surface area (TPSA) is 187 Å². The average Bonchev–Trinajstić information content (AvgIpc) is 3.26. The zero-order valence-electron chi connectivity index (χ0n) is 25.7. The van der Waals surface area contributed by atoms with Crippen LogP contribution in [-0.4, -0.2) is 103 Å². The molecule has 2 fully saturated rings. The number of ether oxygens (including phenoxy) is 6. The highest BCUT2D eigenvalue weighted by atomic mass is 31.2. The fourth-order valence-electron chi connectivity index (χ4n) is 5.07. The van der Waals surface area contributed by atoms with Crippen LogP contribution in [0.3, 0.4) is 0 Å². The van der Waals surface area contributed by atoms with Gasteiger partial charge in [0.15, 0.2) is 12.2 Å². The summed E-state index contributed by atoms with van der Waals surface area (Å²) in [6.45, 7) is 7.45. The fourth-order valence-corrected chi connectivity index (χ4v) is 7.81. The van der Waals surface area contributed by atoms with Gasteiger partial charge in [-0.1, -0.05) is 26.7 Å². The molecule has 6 atom stereocenters. The molecule has 0 saturated carbocycles. The number of rotatable bonds is 15. The minimum Gasteiger partial charge on any atom is -0.465 e. The van der Waals surface area contributed by atoms with Crippen LogP contribution in [0.25, 0.3) is 0 Å². The molecular weight excluding hydrogens is 593 g/mol. The quantitative estimate of drug-likeness (QED) is 0.145. The van der Waals surface area contributed by atoms with Crippen molar-refractivity contribution in [3.8, 4) is 0 Å². The molecule has 2 rings (SSSR count). The van der Waals surface area contributed by atoms with Crippen molar-refractivity contribution in [3.63, 3.8) is 0 Å². The maximum atomic E-state index is 14.2. The standard InChI is InChI=1S/C27H42NO14P/c1-8-10-12-43(35,13-11-9-2)42-27(25(33)36-7)14-20-22(28(16(3)29)26(34)40-20)24(41-27)23(39-19(6)32)21(38-18(5)31)15-37-17(4)30/h20-24H,8-15H2,1-7H3/t20-,21-,22-,23-,24?,27+/m1/s1. The monoisotopic (exact) mass is 635 g/mol. The van der Waals surface area contributed by atoms with E-state index in [-0.39, 0.29) is 12.3 Å². The molecule has 16 heteroatoms. The second kappa shape index (κ2) is 15.6. The van der Waals surface area contributed by atoms with E-state index in [4.69, 9.17) is 32.9 Å². The van der Waals surface area contributed by atoms with Crippen LogP contribution in [0.2, 0.25) is 0 Å². The van der Waals surface area contributed by atoms with Crippen molar-refractivity contribution in [2.45, 2.75) is 110 Å². The minimum atomic E-state index is -3.60. The first-order chi connectivity index (χ1) is 20.1. The van der Waals surface area contributed by atoms with Gasteiger partial charge in [-0.25, -0.2) is 14.5 Å². The second-order valence-corrected chi connectivity index (χ2v) is 13.1. The van der Waals surface area contributed by atoms with E-state index >= 15 is 0 Å².